The number of hydrogen-bond donors (Lipinski definition) is 8. The van der Waals surface area contributed by atoms with E-state index in [1.54, 1.807) is 24.3 Å². The fourth-order valence-corrected chi connectivity index (χ4v) is 3.55. The van der Waals surface area contributed by atoms with Gasteiger partial charge in [-0.15, -0.1) is 0 Å². The number of hydrogen-bond acceptors (Lipinski definition) is 10. The van der Waals surface area contributed by atoms with Gasteiger partial charge in [-0.05, 0) is 17.7 Å². The third-order valence-corrected chi connectivity index (χ3v) is 5.36. The monoisotopic (exact) mass is 426 g/mol. The van der Waals surface area contributed by atoms with Crippen molar-refractivity contribution in [3.05, 3.63) is 35.4 Å². The molecular formula is C20H26O10. The normalized spacial score (nSPS) is 41.7. The summed E-state index contributed by atoms with van der Waals surface area (Å²) in [5.74, 6) is 5.40. The van der Waals surface area contributed by atoms with E-state index in [9.17, 15) is 40.9 Å². The van der Waals surface area contributed by atoms with Gasteiger partial charge in [-0.2, -0.15) is 0 Å². The van der Waals surface area contributed by atoms with Crippen LogP contribution in [-0.4, -0.2) is 109 Å². The zero-order valence-corrected chi connectivity index (χ0v) is 15.9. The highest BCUT2D eigenvalue weighted by Gasteiger charge is 2.44. The van der Waals surface area contributed by atoms with Crippen molar-refractivity contribution >= 4 is 0 Å². The Morgan fingerprint density at radius 3 is 1.97 bits per heavy atom. The summed E-state index contributed by atoms with van der Waals surface area (Å²) >= 11 is 0. The Morgan fingerprint density at radius 1 is 0.733 bits per heavy atom. The second-order valence-corrected chi connectivity index (χ2v) is 7.39. The molecule has 1 aromatic rings. The Bertz CT molecular complexity index is 772. The van der Waals surface area contributed by atoms with E-state index < -0.39 is 74.3 Å². The summed E-state index contributed by atoms with van der Waals surface area (Å²) < 4.78 is 10.9. The van der Waals surface area contributed by atoms with Crippen LogP contribution in [0.25, 0.3) is 0 Å². The van der Waals surface area contributed by atoms with Gasteiger partial charge < -0.3 is 50.3 Å². The molecule has 2 saturated heterocycles. The molecule has 0 bridgehead atoms. The van der Waals surface area contributed by atoms with E-state index in [-0.39, 0.29) is 0 Å². The molecular weight excluding hydrogens is 400 g/mol. The van der Waals surface area contributed by atoms with Crippen molar-refractivity contribution in [3.63, 3.8) is 0 Å². The Labute approximate surface area is 172 Å². The molecule has 30 heavy (non-hydrogen) atoms. The SMILES string of the molecule is OC[C@H]1O[C@H](c2cccc(C#C[C@H]3O[C@H](CO)[C@@H](O)[C@H](O)[C@@H]3O)c2)[C@@H](O)[C@@H](O)[C@@H]1O. The highest BCUT2D eigenvalue weighted by Crippen LogP contribution is 2.32. The zero-order valence-electron chi connectivity index (χ0n) is 15.9. The van der Waals surface area contributed by atoms with Gasteiger partial charge in [0.25, 0.3) is 0 Å². The maximum Gasteiger partial charge on any atom is 0.147 e. The van der Waals surface area contributed by atoms with Crippen molar-refractivity contribution in [3.8, 4) is 11.8 Å². The van der Waals surface area contributed by atoms with Crippen LogP contribution in [0.15, 0.2) is 24.3 Å². The fraction of sp³-hybridized carbons (Fsp3) is 0.600. The van der Waals surface area contributed by atoms with Crippen molar-refractivity contribution in [1.29, 1.82) is 0 Å². The van der Waals surface area contributed by atoms with E-state index in [0.29, 0.717) is 11.1 Å². The van der Waals surface area contributed by atoms with Crippen molar-refractivity contribution < 1.29 is 50.3 Å². The Kier molecular flexibility index (Phi) is 7.43. The molecule has 2 aliphatic heterocycles. The summed E-state index contributed by atoms with van der Waals surface area (Å²) in [5.41, 5.74) is 0.869. The molecule has 0 aliphatic carbocycles. The summed E-state index contributed by atoms with van der Waals surface area (Å²) in [4.78, 5) is 0. The maximum absolute atomic E-state index is 10.3. The highest BCUT2D eigenvalue weighted by atomic mass is 16.5. The van der Waals surface area contributed by atoms with Crippen LogP contribution in [0.4, 0.5) is 0 Å². The van der Waals surface area contributed by atoms with Crippen molar-refractivity contribution in [2.75, 3.05) is 13.2 Å². The van der Waals surface area contributed by atoms with E-state index in [1.807, 2.05) is 0 Å². The number of aliphatic hydroxyl groups is 8. The largest absolute Gasteiger partial charge is 0.394 e. The van der Waals surface area contributed by atoms with Gasteiger partial charge in [-0.25, -0.2) is 0 Å². The minimum absolute atomic E-state index is 0.432. The second-order valence-electron chi connectivity index (χ2n) is 7.39. The van der Waals surface area contributed by atoms with Crippen LogP contribution in [0.2, 0.25) is 0 Å². The standard InChI is InChI=1S/C20H26O10/c21-7-12-15(24)17(26)14(23)11(29-12)5-4-9-2-1-3-10(6-9)20-19(28)18(27)16(25)13(8-22)30-20/h1-3,6,11-28H,7-8H2/t11-,12-,13-,14-,15-,16-,17-,18+,19+,20-/m1/s1. The van der Waals surface area contributed by atoms with E-state index in [0.717, 1.165) is 0 Å². The average Bonchev–Trinajstić information content (AvgIpc) is 2.76. The quantitative estimate of drug-likeness (QED) is 0.225. The molecule has 2 aliphatic rings. The number of aliphatic hydroxyl groups excluding tert-OH is 8. The van der Waals surface area contributed by atoms with Crippen LogP contribution in [0.1, 0.15) is 17.2 Å². The lowest BCUT2D eigenvalue weighted by atomic mass is 9.90. The van der Waals surface area contributed by atoms with Crippen molar-refractivity contribution in [2.24, 2.45) is 0 Å². The molecule has 10 nitrogen and oxygen atoms in total. The lowest BCUT2D eigenvalue weighted by molar-refractivity contribution is -0.231. The van der Waals surface area contributed by atoms with Gasteiger partial charge >= 0.3 is 0 Å². The lowest BCUT2D eigenvalue weighted by Gasteiger charge is -2.40. The molecule has 10 heteroatoms. The molecule has 2 heterocycles. The van der Waals surface area contributed by atoms with E-state index >= 15 is 0 Å². The first-order valence-corrected chi connectivity index (χ1v) is 9.51. The summed E-state index contributed by atoms with van der Waals surface area (Å²) in [6.07, 6.45) is -13.2. The first-order chi connectivity index (χ1) is 14.3. The van der Waals surface area contributed by atoms with Crippen molar-refractivity contribution in [2.45, 2.75) is 61.0 Å². The Balaban J connectivity index is 1.80. The summed E-state index contributed by atoms with van der Waals surface area (Å²) in [5, 5.41) is 78.4. The van der Waals surface area contributed by atoms with Gasteiger partial charge in [0.2, 0.25) is 0 Å². The molecule has 0 radical (unpaired) electrons. The lowest BCUT2D eigenvalue weighted by Crippen LogP contribution is -2.58. The van der Waals surface area contributed by atoms with Gasteiger partial charge in [-0.1, -0.05) is 24.0 Å². The van der Waals surface area contributed by atoms with Gasteiger partial charge in [0.05, 0.1) is 13.2 Å². The smallest absolute Gasteiger partial charge is 0.147 e. The van der Waals surface area contributed by atoms with Crippen LogP contribution in [-0.2, 0) is 9.47 Å². The van der Waals surface area contributed by atoms with Crippen LogP contribution in [0, 0.1) is 11.8 Å². The molecule has 1 aromatic carbocycles. The molecule has 0 spiro atoms. The molecule has 0 unspecified atom stereocenters. The molecule has 0 saturated carbocycles. The average molecular weight is 426 g/mol. The molecule has 0 amide bonds. The summed E-state index contributed by atoms with van der Waals surface area (Å²) in [7, 11) is 0. The number of benzene rings is 1. The molecule has 10 atom stereocenters. The maximum atomic E-state index is 10.3. The third kappa shape index (κ3) is 4.51. The number of ether oxygens (including phenoxy) is 2. The second kappa shape index (κ2) is 9.67. The van der Waals surface area contributed by atoms with E-state index in [2.05, 4.69) is 11.8 Å². The fourth-order valence-electron chi connectivity index (χ4n) is 3.55. The molecule has 0 aromatic heterocycles. The van der Waals surface area contributed by atoms with Gasteiger partial charge in [0.1, 0.15) is 61.0 Å². The van der Waals surface area contributed by atoms with Gasteiger partial charge in [0, 0.05) is 5.56 Å². The highest BCUT2D eigenvalue weighted by molar-refractivity contribution is 5.39. The minimum atomic E-state index is -1.53. The van der Waals surface area contributed by atoms with Gasteiger partial charge in [0.15, 0.2) is 0 Å². The van der Waals surface area contributed by atoms with Gasteiger partial charge in [-0.3, -0.25) is 0 Å². The van der Waals surface area contributed by atoms with Crippen LogP contribution in [0.3, 0.4) is 0 Å². The topological polar surface area (TPSA) is 180 Å². The Hall–Kier alpha value is -1.62. The van der Waals surface area contributed by atoms with Crippen LogP contribution < -0.4 is 0 Å². The molecule has 8 N–H and O–H groups in total. The zero-order chi connectivity index (χ0) is 22.0. The number of rotatable bonds is 3. The predicted molar refractivity (Wildman–Crippen MR) is 99.8 cm³/mol. The predicted octanol–water partition coefficient (Wildman–Crippen LogP) is -3.60. The first-order valence-electron chi connectivity index (χ1n) is 9.51. The molecule has 3 rings (SSSR count). The van der Waals surface area contributed by atoms with Crippen molar-refractivity contribution in [1.82, 2.24) is 0 Å². The van der Waals surface area contributed by atoms with E-state index in [4.69, 9.17) is 9.47 Å². The Morgan fingerprint density at radius 2 is 1.33 bits per heavy atom. The van der Waals surface area contributed by atoms with Crippen LogP contribution in [0.5, 0.6) is 0 Å². The van der Waals surface area contributed by atoms with Crippen LogP contribution >= 0.6 is 0 Å². The summed E-state index contributed by atoms with van der Waals surface area (Å²) in [6.45, 7) is -1.10. The third-order valence-electron chi connectivity index (χ3n) is 5.36. The molecule has 166 valence electrons. The van der Waals surface area contributed by atoms with E-state index in [1.165, 1.54) is 0 Å². The first kappa shape index (κ1) is 23.1. The molecule has 2 fully saturated rings. The summed E-state index contributed by atoms with van der Waals surface area (Å²) in [6, 6.07) is 6.42. The minimum Gasteiger partial charge on any atom is -0.394 e.